The normalized spacial score (nSPS) is 51.7. The Morgan fingerprint density at radius 3 is 2.61 bits per heavy atom. The molecule has 0 aromatic heterocycles. The predicted molar refractivity (Wildman–Crippen MR) is 87.8 cm³/mol. The molecule has 23 heavy (non-hydrogen) atoms. The molecule has 0 aromatic carbocycles. The van der Waals surface area contributed by atoms with Gasteiger partial charge in [-0.05, 0) is 68.6 Å². The molecule has 0 amide bonds. The molecule has 1 N–H and O–H groups in total. The van der Waals surface area contributed by atoms with Crippen LogP contribution in [0.2, 0.25) is 0 Å². The summed E-state index contributed by atoms with van der Waals surface area (Å²) in [6.45, 7) is 6.44. The van der Waals surface area contributed by atoms with Crippen molar-refractivity contribution in [3.63, 3.8) is 0 Å². The van der Waals surface area contributed by atoms with Crippen LogP contribution in [0.4, 0.5) is 0 Å². The van der Waals surface area contributed by atoms with Crippen LogP contribution in [0.15, 0.2) is 11.6 Å². The van der Waals surface area contributed by atoms with Crippen LogP contribution < -0.4 is 0 Å². The smallest absolute Gasteiger partial charge is 0.309 e. The van der Waals surface area contributed by atoms with Crippen molar-refractivity contribution in [2.75, 3.05) is 0 Å². The number of carboxylic acid groups (broad SMARTS) is 1. The van der Waals surface area contributed by atoms with E-state index in [1.807, 2.05) is 6.92 Å². The van der Waals surface area contributed by atoms with E-state index in [4.69, 9.17) is 0 Å². The van der Waals surface area contributed by atoms with Crippen molar-refractivity contribution in [1.82, 2.24) is 0 Å². The second-order valence-corrected chi connectivity index (χ2v) is 9.28. The van der Waals surface area contributed by atoms with Gasteiger partial charge in [0, 0.05) is 12.3 Å². The summed E-state index contributed by atoms with van der Waals surface area (Å²) in [4.78, 5) is 24.5. The Kier molecular flexibility index (Phi) is 3.01. The fourth-order valence-electron chi connectivity index (χ4n) is 7.23. The molecule has 1 spiro atoms. The lowest BCUT2D eigenvalue weighted by Crippen LogP contribution is -2.61. The first kappa shape index (κ1) is 15.4. The van der Waals surface area contributed by atoms with Crippen LogP contribution in [0, 0.1) is 34.0 Å². The second-order valence-electron chi connectivity index (χ2n) is 9.28. The number of carbonyl (C=O) groups is 2. The first-order valence-corrected chi connectivity index (χ1v) is 9.18. The number of rotatable bonds is 1. The third kappa shape index (κ3) is 1.77. The van der Waals surface area contributed by atoms with E-state index in [9.17, 15) is 14.7 Å². The maximum atomic E-state index is 12.5. The molecule has 5 aliphatic rings. The zero-order valence-electron chi connectivity index (χ0n) is 14.5. The molecular formula is C20H28O3. The van der Waals surface area contributed by atoms with E-state index in [2.05, 4.69) is 19.9 Å². The number of aliphatic carboxylic acids is 1. The molecule has 2 bridgehead atoms. The highest BCUT2D eigenvalue weighted by molar-refractivity contribution is 5.87. The number of carbonyl (C=O) groups excluding carboxylic acids is 1. The molecule has 3 saturated carbocycles. The van der Waals surface area contributed by atoms with Crippen LogP contribution in [-0.2, 0) is 9.59 Å². The molecule has 5 aliphatic carbocycles. The largest absolute Gasteiger partial charge is 0.481 e. The Morgan fingerprint density at radius 1 is 1.22 bits per heavy atom. The zero-order valence-corrected chi connectivity index (χ0v) is 14.5. The lowest BCUT2D eigenvalue weighted by atomic mass is 9.38. The van der Waals surface area contributed by atoms with E-state index in [1.165, 1.54) is 5.57 Å². The summed E-state index contributed by atoms with van der Waals surface area (Å²) < 4.78 is 0. The Morgan fingerprint density at radius 2 is 1.96 bits per heavy atom. The molecule has 0 heterocycles. The monoisotopic (exact) mass is 316 g/mol. The summed E-state index contributed by atoms with van der Waals surface area (Å²) in [7, 11) is 0. The number of hydrogen-bond donors (Lipinski definition) is 1. The third-order valence-electron chi connectivity index (χ3n) is 8.28. The predicted octanol–water partition coefficient (Wildman–Crippen LogP) is 4.22. The van der Waals surface area contributed by atoms with Crippen molar-refractivity contribution >= 4 is 11.8 Å². The van der Waals surface area contributed by atoms with Gasteiger partial charge in [-0.2, -0.15) is 0 Å². The van der Waals surface area contributed by atoms with Crippen molar-refractivity contribution in [3.05, 3.63) is 11.6 Å². The van der Waals surface area contributed by atoms with Crippen molar-refractivity contribution in [2.45, 2.75) is 65.7 Å². The van der Waals surface area contributed by atoms with Gasteiger partial charge in [-0.25, -0.2) is 0 Å². The standard InChI is InChI=1S/C20H28O3/c1-12-10-20-8-5-15-18(2,6-4-7-19(15,3)17(22)23)16(20)9-13(12)14(21)11-20/h10,13,15-16H,4-9,11H2,1-3H3,(H,22,23). The first-order chi connectivity index (χ1) is 10.7. The highest BCUT2D eigenvalue weighted by Crippen LogP contribution is 2.70. The maximum absolute atomic E-state index is 12.5. The topological polar surface area (TPSA) is 54.4 Å². The molecule has 0 aromatic rings. The van der Waals surface area contributed by atoms with Gasteiger partial charge in [0.1, 0.15) is 5.78 Å². The lowest BCUT2D eigenvalue weighted by Gasteiger charge is -2.65. The molecule has 0 saturated heterocycles. The Bertz CT molecular complexity index is 620. The van der Waals surface area contributed by atoms with Gasteiger partial charge in [0.05, 0.1) is 5.41 Å². The number of ketones is 1. The van der Waals surface area contributed by atoms with Crippen LogP contribution in [0.25, 0.3) is 0 Å². The van der Waals surface area contributed by atoms with Gasteiger partial charge in [-0.1, -0.05) is 25.0 Å². The summed E-state index contributed by atoms with van der Waals surface area (Å²) in [5, 5.41) is 9.90. The molecule has 3 nitrogen and oxygen atoms in total. The van der Waals surface area contributed by atoms with Crippen LogP contribution in [0.3, 0.4) is 0 Å². The van der Waals surface area contributed by atoms with E-state index in [1.54, 1.807) is 0 Å². The number of hydrogen-bond acceptors (Lipinski definition) is 2. The lowest BCUT2D eigenvalue weighted by molar-refractivity contribution is -0.182. The van der Waals surface area contributed by atoms with Gasteiger partial charge in [0.25, 0.3) is 0 Å². The van der Waals surface area contributed by atoms with Crippen molar-refractivity contribution < 1.29 is 14.7 Å². The van der Waals surface area contributed by atoms with Crippen molar-refractivity contribution in [3.8, 4) is 0 Å². The summed E-state index contributed by atoms with van der Waals surface area (Å²) in [5.41, 5.74) is 0.780. The fourth-order valence-corrected chi connectivity index (χ4v) is 7.23. The SMILES string of the molecule is CC1=CC23CCC4C(C)(C(=O)O)CCCC4(C)C2CC1C(=O)C3. The van der Waals surface area contributed by atoms with E-state index < -0.39 is 11.4 Å². The van der Waals surface area contributed by atoms with E-state index in [0.29, 0.717) is 18.1 Å². The molecule has 5 rings (SSSR count). The summed E-state index contributed by atoms with van der Waals surface area (Å²) >= 11 is 0. The number of allylic oxidation sites excluding steroid dienone is 2. The molecule has 6 unspecified atom stereocenters. The number of carboxylic acids is 1. The average molecular weight is 316 g/mol. The molecular weight excluding hydrogens is 288 g/mol. The van der Waals surface area contributed by atoms with Gasteiger partial charge in [0.2, 0.25) is 0 Å². The zero-order chi connectivity index (χ0) is 16.6. The highest BCUT2D eigenvalue weighted by atomic mass is 16.4. The van der Waals surface area contributed by atoms with E-state index in [0.717, 1.165) is 38.5 Å². The van der Waals surface area contributed by atoms with E-state index >= 15 is 0 Å². The quantitative estimate of drug-likeness (QED) is 0.737. The molecule has 126 valence electrons. The summed E-state index contributed by atoms with van der Waals surface area (Å²) in [6.07, 6.45) is 8.97. The maximum Gasteiger partial charge on any atom is 0.309 e. The van der Waals surface area contributed by atoms with Crippen LogP contribution in [0.5, 0.6) is 0 Å². The number of Topliss-reactive ketones (excluding diaryl/α,β-unsaturated/α-hetero) is 1. The van der Waals surface area contributed by atoms with Gasteiger partial charge >= 0.3 is 5.97 Å². The molecule has 3 heteroatoms. The minimum absolute atomic E-state index is 0.0257. The molecule has 3 fully saturated rings. The summed E-state index contributed by atoms with van der Waals surface area (Å²) in [5.74, 6) is 0.655. The minimum atomic E-state index is -0.617. The average Bonchev–Trinajstić information content (AvgIpc) is 2.45. The van der Waals surface area contributed by atoms with Crippen LogP contribution in [0.1, 0.15) is 65.7 Å². The van der Waals surface area contributed by atoms with Gasteiger partial charge in [-0.15, -0.1) is 0 Å². The summed E-state index contributed by atoms with van der Waals surface area (Å²) in [6, 6.07) is 0. The molecule has 6 atom stereocenters. The van der Waals surface area contributed by atoms with Gasteiger partial charge < -0.3 is 5.11 Å². The minimum Gasteiger partial charge on any atom is -0.481 e. The molecule has 0 aliphatic heterocycles. The van der Waals surface area contributed by atoms with Gasteiger partial charge in [0.15, 0.2) is 0 Å². The second kappa shape index (κ2) is 4.49. The van der Waals surface area contributed by atoms with E-state index in [-0.39, 0.29) is 22.7 Å². The Hall–Kier alpha value is -1.12. The Balaban J connectivity index is 1.79. The molecule has 0 radical (unpaired) electrons. The number of fused-ring (bicyclic) bond motifs is 2. The highest BCUT2D eigenvalue weighted by Gasteiger charge is 2.65. The third-order valence-corrected chi connectivity index (χ3v) is 8.28. The van der Waals surface area contributed by atoms with Gasteiger partial charge in [-0.3, -0.25) is 9.59 Å². The van der Waals surface area contributed by atoms with Crippen molar-refractivity contribution in [1.29, 1.82) is 0 Å². The fraction of sp³-hybridized carbons (Fsp3) is 0.800. The van der Waals surface area contributed by atoms with Crippen LogP contribution >= 0.6 is 0 Å². The Labute approximate surface area is 138 Å². The van der Waals surface area contributed by atoms with Crippen LogP contribution in [-0.4, -0.2) is 16.9 Å². The van der Waals surface area contributed by atoms with Crippen molar-refractivity contribution in [2.24, 2.45) is 34.0 Å². The first-order valence-electron chi connectivity index (χ1n) is 9.18.